The van der Waals surface area contributed by atoms with Crippen molar-refractivity contribution in [1.82, 2.24) is 4.98 Å². The fourth-order valence-corrected chi connectivity index (χ4v) is 2.78. The Balaban J connectivity index is 2.53. The van der Waals surface area contributed by atoms with Crippen LogP contribution in [0.2, 0.25) is 4.34 Å². The monoisotopic (exact) mass is 252 g/mol. The minimum Gasteiger partial charge on any atom is -0.325 e. The van der Waals surface area contributed by atoms with E-state index >= 15 is 0 Å². The number of rotatable bonds is 2. The van der Waals surface area contributed by atoms with Crippen LogP contribution >= 0.6 is 22.9 Å². The number of halogens is 1. The van der Waals surface area contributed by atoms with E-state index in [1.54, 1.807) is 0 Å². The van der Waals surface area contributed by atoms with Gasteiger partial charge in [0.15, 0.2) is 0 Å². The van der Waals surface area contributed by atoms with Crippen LogP contribution in [0.4, 0.5) is 0 Å². The van der Waals surface area contributed by atoms with Crippen molar-refractivity contribution in [3.8, 4) is 10.6 Å². The second kappa shape index (κ2) is 4.53. The van der Waals surface area contributed by atoms with Gasteiger partial charge in [0, 0.05) is 12.1 Å². The Morgan fingerprint density at radius 2 is 2.12 bits per heavy atom. The van der Waals surface area contributed by atoms with Crippen molar-refractivity contribution >= 4 is 22.9 Å². The van der Waals surface area contributed by atoms with Crippen LogP contribution in [-0.2, 0) is 6.54 Å². The Kier molecular flexibility index (Phi) is 3.28. The highest BCUT2D eigenvalue weighted by molar-refractivity contribution is 7.19. The summed E-state index contributed by atoms with van der Waals surface area (Å²) in [5, 5.41) is 0.951. The van der Waals surface area contributed by atoms with Crippen LogP contribution < -0.4 is 5.73 Å². The van der Waals surface area contributed by atoms with E-state index in [9.17, 15) is 0 Å². The number of nitrogens with two attached hydrogens (primary N) is 1. The maximum absolute atomic E-state index is 6.06. The van der Waals surface area contributed by atoms with Gasteiger partial charge in [-0.1, -0.05) is 29.3 Å². The van der Waals surface area contributed by atoms with Crippen LogP contribution in [0.1, 0.15) is 16.8 Å². The molecule has 2 rings (SSSR count). The number of aryl methyl sites for hydroxylation is 2. The molecule has 0 bridgehead atoms. The molecule has 0 spiro atoms. The normalized spacial score (nSPS) is 10.8. The molecule has 0 aliphatic heterocycles. The van der Waals surface area contributed by atoms with E-state index < -0.39 is 0 Å². The molecule has 0 saturated heterocycles. The quantitative estimate of drug-likeness (QED) is 0.888. The zero-order valence-corrected chi connectivity index (χ0v) is 10.8. The lowest BCUT2D eigenvalue weighted by Crippen LogP contribution is -1.96. The Hall–Kier alpha value is -0.900. The summed E-state index contributed by atoms with van der Waals surface area (Å²) >= 11 is 7.55. The lowest BCUT2D eigenvalue weighted by molar-refractivity contribution is 1.01. The van der Waals surface area contributed by atoms with Crippen LogP contribution in [0, 0.1) is 13.8 Å². The topological polar surface area (TPSA) is 38.9 Å². The maximum Gasteiger partial charge on any atom is 0.125 e. The molecular weight excluding hydrogens is 240 g/mol. The molecule has 1 aromatic carbocycles. The summed E-state index contributed by atoms with van der Waals surface area (Å²) in [6.07, 6.45) is 0. The largest absolute Gasteiger partial charge is 0.325 e. The number of hydrogen-bond acceptors (Lipinski definition) is 3. The molecule has 0 unspecified atom stereocenters. The van der Waals surface area contributed by atoms with Gasteiger partial charge in [-0.3, -0.25) is 0 Å². The van der Waals surface area contributed by atoms with Crippen LogP contribution in [0.25, 0.3) is 10.6 Å². The van der Waals surface area contributed by atoms with Gasteiger partial charge in [0.1, 0.15) is 9.34 Å². The number of hydrogen-bond donors (Lipinski definition) is 1. The predicted molar refractivity (Wildman–Crippen MR) is 69.9 cm³/mol. The summed E-state index contributed by atoms with van der Waals surface area (Å²) in [4.78, 5) is 4.46. The average molecular weight is 253 g/mol. The van der Waals surface area contributed by atoms with Crippen molar-refractivity contribution in [3.63, 3.8) is 0 Å². The molecule has 2 N–H and O–H groups in total. The molecule has 1 heterocycles. The van der Waals surface area contributed by atoms with E-state index in [2.05, 4.69) is 37.0 Å². The molecule has 0 amide bonds. The van der Waals surface area contributed by atoms with Crippen LogP contribution in [0.5, 0.6) is 0 Å². The third kappa shape index (κ3) is 2.12. The van der Waals surface area contributed by atoms with Gasteiger partial charge >= 0.3 is 0 Å². The molecular formula is C12H13ClN2S. The summed E-state index contributed by atoms with van der Waals surface area (Å²) in [5.41, 5.74) is 9.93. The standard InChI is InChI=1S/C12H13ClN2S/c1-7-3-4-8(2)9(5-7)12-15-10(6-14)11(13)16-12/h3-5H,6,14H2,1-2H3. The van der Waals surface area contributed by atoms with Gasteiger partial charge in [-0.25, -0.2) is 4.98 Å². The van der Waals surface area contributed by atoms with E-state index in [1.165, 1.54) is 22.5 Å². The summed E-state index contributed by atoms with van der Waals surface area (Å²) in [6.45, 7) is 4.54. The summed E-state index contributed by atoms with van der Waals surface area (Å²) in [6, 6.07) is 6.32. The predicted octanol–water partition coefficient (Wildman–Crippen LogP) is 3.54. The highest BCUT2D eigenvalue weighted by atomic mass is 35.5. The Morgan fingerprint density at radius 1 is 1.38 bits per heavy atom. The lowest BCUT2D eigenvalue weighted by Gasteiger charge is -2.03. The molecule has 0 atom stereocenters. The SMILES string of the molecule is Cc1ccc(C)c(-c2nc(CN)c(Cl)s2)c1. The minimum absolute atomic E-state index is 0.389. The summed E-state index contributed by atoms with van der Waals surface area (Å²) in [7, 11) is 0. The van der Waals surface area contributed by atoms with Gasteiger partial charge in [-0.05, 0) is 25.5 Å². The lowest BCUT2D eigenvalue weighted by atomic mass is 10.1. The second-order valence-corrected chi connectivity index (χ2v) is 5.36. The Labute approximate surface area is 104 Å². The first-order valence-electron chi connectivity index (χ1n) is 5.04. The van der Waals surface area contributed by atoms with E-state index in [-0.39, 0.29) is 0 Å². The van der Waals surface area contributed by atoms with E-state index in [0.29, 0.717) is 10.9 Å². The van der Waals surface area contributed by atoms with Crippen LogP contribution in [-0.4, -0.2) is 4.98 Å². The van der Waals surface area contributed by atoms with E-state index in [0.717, 1.165) is 16.3 Å². The molecule has 1 aromatic heterocycles. The van der Waals surface area contributed by atoms with Gasteiger partial charge in [0.05, 0.1) is 5.69 Å². The molecule has 0 aliphatic rings. The maximum atomic E-state index is 6.06. The molecule has 4 heteroatoms. The zero-order valence-electron chi connectivity index (χ0n) is 9.25. The molecule has 0 aliphatic carbocycles. The summed E-state index contributed by atoms with van der Waals surface area (Å²) in [5.74, 6) is 0. The smallest absolute Gasteiger partial charge is 0.125 e. The van der Waals surface area contributed by atoms with Gasteiger partial charge in [-0.2, -0.15) is 0 Å². The first kappa shape index (κ1) is 11.6. The number of nitrogens with zero attached hydrogens (tertiary/aromatic N) is 1. The van der Waals surface area contributed by atoms with Crippen molar-refractivity contribution in [3.05, 3.63) is 39.4 Å². The fourth-order valence-electron chi connectivity index (χ4n) is 1.54. The molecule has 0 fully saturated rings. The van der Waals surface area contributed by atoms with Gasteiger partial charge in [-0.15, -0.1) is 11.3 Å². The third-order valence-corrected chi connectivity index (χ3v) is 3.84. The van der Waals surface area contributed by atoms with Crippen molar-refractivity contribution in [2.75, 3.05) is 0 Å². The number of aromatic nitrogens is 1. The van der Waals surface area contributed by atoms with E-state index in [1.807, 2.05) is 0 Å². The number of thiazole rings is 1. The van der Waals surface area contributed by atoms with Gasteiger partial charge < -0.3 is 5.73 Å². The van der Waals surface area contributed by atoms with Crippen molar-refractivity contribution < 1.29 is 0 Å². The second-order valence-electron chi connectivity index (χ2n) is 3.76. The van der Waals surface area contributed by atoms with Crippen molar-refractivity contribution in [2.24, 2.45) is 5.73 Å². The summed E-state index contributed by atoms with van der Waals surface area (Å²) < 4.78 is 0.693. The van der Waals surface area contributed by atoms with E-state index in [4.69, 9.17) is 17.3 Å². The average Bonchev–Trinajstić information content (AvgIpc) is 2.63. The van der Waals surface area contributed by atoms with Crippen LogP contribution in [0.3, 0.4) is 0 Å². The highest BCUT2D eigenvalue weighted by Gasteiger charge is 2.11. The Bertz CT molecular complexity index is 520. The molecule has 2 nitrogen and oxygen atoms in total. The molecule has 0 radical (unpaired) electrons. The van der Waals surface area contributed by atoms with Crippen LogP contribution in [0.15, 0.2) is 18.2 Å². The van der Waals surface area contributed by atoms with Gasteiger partial charge in [0.2, 0.25) is 0 Å². The zero-order chi connectivity index (χ0) is 11.7. The molecule has 2 aromatic rings. The molecule has 84 valence electrons. The molecule has 16 heavy (non-hydrogen) atoms. The first-order valence-corrected chi connectivity index (χ1v) is 6.24. The minimum atomic E-state index is 0.389. The van der Waals surface area contributed by atoms with Crippen molar-refractivity contribution in [1.29, 1.82) is 0 Å². The van der Waals surface area contributed by atoms with Crippen molar-refractivity contribution in [2.45, 2.75) is 20.4 Å². The fraction of sp³-hybridized carbons (Fsp3) is 0.250. The third-order valence-electron chi connectivity index (χ3n) is 2.47. The van der Waals surface area contributed by atoms with Gasteiger partial charge in [0.25, 0.3) is 0 Å². The molecule has 0 saturated carbocycles. The number of benzene rings is 1. The highest BCUT2D eigenvalue weighted by Crippen LogP contribution is 2.33. The Morgan fingerprint density at radius 3 is 2.75 bits per heavy atom. The first-order chi connectivity index (χ1) is 7.61.